The molecule has 0 aliphatic carbocycles. The molecule has 2 N–H and O–H groups in total. The van der Waals surface area contributed by atoms with E-state index in [0.29, 0.717) is 6.42 Å². The molecule has 0 heterocycles. The first-order valence-corrected chi connectivity index (χ1v) is 10.7. The minimum Gasteiger partial charge on any atom is -0.481 e. The summed E-state index contributed by atoms with van der Waals surface area (Å²) >= 11 is 0. The number of aliphatic hydroxyl groups is 1. The molecule has 2 rings (SSSR count). The van der Waals surface area contributed by atoms with Crippen molar-refractivity contribution in [3.05, 3.63) is 58.7 Å². The Kier molecular flexibility index (Phi) is 8.04. The van der Waals surface area contributed by atoms with E-state index in [0.717, 1.165) is 47.9 Å². The third kappa shape index (κ3) is 6.17. The van der Waals surface area contributed by atoms with E-state index in [-0.39, 0.29) is 12.0 Å². The quantitative estimate of drug-likeness (QED) is 0.509. The van der Waals surface area contributed by atoms with E-state index in [1.54, 1.807) is 0 Å². The standard InChI is InChI=1S/C26H36O3/c1-6-7-9-19-16-20(13-12-18(19)2)24-21(17-27)10-8-11-22(24)23(25(28)29)14-15-26(3,4)5/h8,10-13,16,23,27H,6-7,9,14-15,17H2,1-5H3,(H,28,29). The molecule has 0 spiro atoms. The van der Waals surface area contributed by atoms with Gasteiger partial charge in [-0.25, -0.2) is 0 Å². The van der Waals surface area contributed by atoms with Gasteiger partial charge in [0.25, 0.3) is 0 Å². The molecule has 158 valence electrons. The van der Waals surface area contributed by atoms with Crippen LogP contribution >= 0.6 is 0 Å². The number of carboxylic acid groups (broad SMARTS) is 1. The van der Waals surface area contributed by atoms with Crippen LogP contribution in [0.25, 0.3) is 11.1 Å². The van der Waals surface area contributed by atoms with Gasteiger partial charge in [-0.15, -0.1) is 0 Å². The molecule has 2 aromatic rings. The zero-order chi connectivity index (χ0) is 21.6. The first-order chi connectivity index (χ1) is 13.7. The first-order valence-electron chi connectivity index (χ1n) is 10.7. The number of carboxylic acids is 1. The van der Waals surface area contributed by atoms with Crippen molar-refractivity contribution >= 4 is 5.97 Å². The van der Waals surface area contributed by atoms with Crippen molar-refractivity contribution in [1.82, 2.24) is 0 Å². The monoisotopic (exact) mass is 396 g/mol. The number of unbranched alkanes of at least 4 members (excludes halogenated alkanes) is 1. The Labute approximate surface area is 175 Å². The zero-order valence-electron chi connectivity index (χ0n) is 18.6. The number of aliphatic carboxylic acids is 1. The molecule has 0 aromatic heterocycles. The van der Waals surface area contributed by atoms with Crippen molar-refractivity contribution in [3.63, 3.8) is 0 Å². The van der Waals surface area contributed by atoms with E-state index in [1.165, 1.54) is 11.1 Å². The van der Waals surface area contributed by atoms with Crippen LogP contribution in [-0.4, -0.2) is 16.2 Å². The Morgan fingerprint density at radius 3 is 2.41 bits per heavy atom. The predicted molar refractivity (Wildman–Crippen MR) is 120 cm³/mol. The molecule has 0 saturated carbocycles. The lowest BCUT2D eigenvalue weighted by atomic mass is 9.80. The Bertz CT molecular complexity index is 830. The number of benzene rings is 2. The third-order valence-corrected chi connectivity index (χ3v) is 5.65. The van der Waals surface area contributed by atoms with Gasteiger partial charge in [0, 0.05) is 0 Å². The van der Waals surface area contributed by atoms with E-state index in [2.05, 4.69) is 52.8 Å². The van der Waals surface area contributed by atoms with Crippen LogP contribution in [0.4, 0.5) is 0 Å². The number of carbonyl (C=O) groups is 1. The Hall–Kier alpha value is -2.13. The smallest absolute Gasteiger partial charge is 0.310 e. The summed E-state index contributed by atoms with van der Waals surface area (Å²) in [5, 5.41) is 20.0. The molecule has 0 saturated heterocycles. The molecule has 0 aliphatic rings. The van der Waals surface area contributed by atoms with Crippen LogP contribution in [0.2, 0.25) is 0 Å². The minimum absolute atomic E-state index is 0.0691. The summed E-state index contributed by atoms with van der Waals surface area (Å²) in [7, 11) is 0. The van der Waals surface area contributed by atoms with Crippen molar-refractivity contribution < 1.29 is 15.0 Å². The van der Waals surface area contributed by atoms with Crippen LogP contribution in [0.15, 0.2) is 36.4 Å². The summed E-state index contributed by atoms with van der Waals surface area (Å²) in [5.74, 6) is -1.39. The summed E-state index contributed by atoms with van der Waals surface area (Å²) in [5.41, 5.74) is 6.10. The Balaban J connectivity index is 2.58. The van der Waals surface area contributed by atoms with E-state index >= 15 is 0 Å². The van der Waals surface area contributed by atoms with Crippen molar-refractivity contribution in [3.8, 4) is 11.1 Å². The fraction of sp³-hybridized carbons (Fsp3) is 0.500. The highest BCUT2D eigenvalue weighted by Crippen LogP contribution is 2.38. The molecule has 3 heteroatoms. The van der Waals surface area contributed by atoms with Gasteiger partial charge in [-0.1, -0.05) is 70.5 Å². The second kappa shape index (κ2) is 10.1. The number of hydrogen-bond acceptors (Lipinski definition) is 2. The highest BCUT2D eigenvalue weighted by molar-refractivity contribution is 5.82. The van der Waals surface area contributed by atoms with Gasteiger partial charge in [0.1, 0.15) is 0 Å². The summed E-state index contributed by atoms with van der Waals surface area (Å²) < 4.78 is 0. The third-order valence-electron chi connectivity index (χ3n) is 5.65. The lowest BCUT2D eigenvalue weighted by Crippen LogP contribution is -2.17. The number of aryl methyl sites for hydroxylation is 2. The van der Waals surface area contributed by atoms with Crippen LogP contribution in [-0.2, 0) is 17.8 Å². The van der Waals surface area contributed by atoms with E-state index < -0.39 is 11.9 Å². The number of rotatable bonds is 9. The molecule has 0 amide bonds. The minimum atomic E-state index is -0.802. The average Bonchev–Trinajstić information content (AvgIpc) is 2.66. The summed E-state index contributed by atoms with van der Waals surface area (Å²) in [6.45, 7) is 10.6. The van der Waals surface area contributed by atoms with Gasteiger partial charge in [0.05, 0.1) is 12.5 Å². The molecule has 0 aliphatic heterocycles. The largest absolute Gasteiger partial charge is 0.481 e. The molecule has 0 radical (unpaired) electrons. The lowest BCUT2D eigenvalue weighted by Gasteiger charge is -2.24. The van der Waals surface area contributed by atoms with Gasteiger partial charge >= 0.3 is 5.97 Å². The van der Waals surface area contributed by atoms with Crippen molar-refractivity contribution in [2.24, 2.45) is 5.41 Å². The fourth-order valence-corrected chi connectivity index (χ4v) is 3.85. The van der Waals surface area contributed by atoms with Crippen LogP contribution < -0.4 is 0 Å². The Morgan fingerprint density at radius 2 is 1.83 bits per heavy atom. The normalized spacial score (nSPS) is 12.8. The molecule has 3 nitrogen and oxygen atoms in total. The van der Waals surface area contributed by atoms with Gasteiger partial charge in [-0.3, -0.25) is 4.79 Å². The SMILES string of the molecule is CCCCc1cc(-c2c(CO)cccc2C(CCC(C)(C)C)C(=O)O)ccc1C. The summed E-state index contributed by atoms with van der Waals surface area (Å²) in [6, 6.07) is 12.0. The maximum absolute atomic E-state index is 12.2. The maximum atomic E-state index is 12.2. The van der Waals surface area contributed by atoms with Gasteiger partial charge in [-0.2, -0.15) is 0 Å². The molecule has 1 atom stereocenters. The van der Waals surface area contributed by atoms with Crippen molar-refractivity contribution in [1.29, 1.82) is 0 Å². The van der Waals surface area contributed by atoms with E-state index in [4.69, 9.17) is 0 Å². The molecular weight excluding hydrogens is 360 g/mol. The van der Waals surface area contributed by atoms with Crippen molar-refractivity contribution in [2.75, 3.05) is 0 Å². The topological polar surface area (TPSA) is 57.5 Å². The second-order valence-electron chi connectivity index (χ2n) is 9.27. The number of aliphatic hydroxyl groups excluding tert-OH is 1. The Morgan fingerprint density at radius 1 is 1.10 bits per heavy atom. The van der Waals surface area contributed by atoms with Gasteiger partial charge in [0.15, 0.2) is 0 Å². The van der Waals surface area contributed by atoms with Crippen LogP contribution in [0, 0.1) is 12.3 Å². The molecule has 1 unspecified atom stereocenters. The van der Waals surface area contributed by atoms with E-state index in [9.17, 15) is 15.0 Å². The number of hydrogen-bond donors (Lipinski definition) is 2. The lowest BCUT2D eigenvalue weighted by molar-refractivity contribution is -0.139. The molecular formula is C26H36O3. The fourth-order valence-electron chi connectivity index (χ4n) is 3.85. The zero-order valence-corrected chi connectivity index (χ0v) is 18.6. The summed E-state index contributed by atoms with van der Waals surface area (Å²) in [4.78, 5) is 12.2. The van der Waals surface area contributed by atoms with Crippen LogP contribution in [0.3, 0.4) is 0 Å². The van der Waals surface area contributed by atoms with Crippen LogP contribution in [0.5, 0.6) is 0 Å². The highest BCUT2D eigenvalue weighted by Gasteiger charge is 2.26. The average molecular weight is 397 g/mol. The summed E-state index contributed by atoms with van der Waals surface area (Å²) in [6.07, 6.45) is 4.68. The highest BCUT2D eigenvalue weighted by atomic mass is 16.4. The maximum Gasteiger partial charge on any atom is 0.310 e. The van der Waals surface area contributed by atoms with Gasteiger partial charge < -0.3 is 10.2 Å². The first kappa shape index (κ1) is 23.2. The second-order valence-corrected chi connectivity index (χ2v) is 9.27. The predicted octanol–water partition coefficient (Wildman–Crippen LogP) is 6.49. The van der Waals surface area contributed by atoms with Gasteiger partial charge in [-0.05, 0) is 71.4 Å². The van der Waals surface area contributed by atoms with Crippen LogP contribution in [0.1, 0.15) is 81.5 Å². The van der Waals surface area contributed by atoms with Gasteiger partial charge in [0.2, 0.25) is 0 Å². The van der Waals surface area contributed by atoms with E-state index in [1.807, 2.05) is 18.2 Å². The molecule has 0 fully saturated rings. The molecule has 29 heavy (non-hydrogen) atoms. The molecule has 0 bridgehead atoms. The van der Waals surface area contributed by atoms with Crippen molar-refractivity contribution in [2.45, 2.75) is 79.2 Å². The molecule has 2 aromatic carbocycles.